The number of rotatable bonds is 2. The largest absolute Gasteiger partial charge is 0.300 e. The molecule has 1 rings (SSSR count). The van der Waals surface area contributed by atoms with Gasteiger partial charge in [0.2, 0.25) is 0 Å². The summed E-state index contributed by atoms with van der Waals surface area (Å²) in [5.41, 5.74) is 0. The maximum absolute atomic E-state index is 3.76. The lowest BCUT2D eigenvalue weighted by atomic mass is 9.96. The van der Waals surface area contributed by atoms with E-state index in [0.717, 1.165) is 12.5 Å². The quantitative estimate of drug-likeness (QED) is 0.361. The monoisotopic (exact) mass is 95.1 g/mol. The summed E-state index contributed by atoms with van der Waals surface area (Å²) >= 11 is 0. The Labute approximate surface area is 43.8 Å². The van der Waals surface area contributed by atoms with E-state index in [4.69, 9.17) is 0 Å². The van der Waals surface area contributed by atoms with Gasteiger partial charge in [0.25, 0.3) is 0 Å². The molecule has 1 nitrogen and oxygen atoms in total. The molecule has 0 aromatic carbocycles. The average Bonchev–Trinajstić information content (AvgIpc) is 1.55. The predicted molar refractivity (Wildman–Crippen MR) is 31.7 cm³/mol. The first-order valence-corrected chi connectivity index (χ1v) is 2.52. The van der Waals surface area contributed by atoms with Crippen molar-refractivity contribution >= 4 is 6.72 Å². The molecule has 0 N–H and O–H groups in total. The molecule has 0 heterocycles. The maximum atomic E-state index is 3.76. The Hall–Kier alpha value is -0.590. The fourth-order valence-electron chi connectivity index (χ4n) is 0.630. The van der Waals surface area contributed by atoms with Gasteiger partial charge >= 0.3 is 0 Å². The Kier molecular flexibility index (Phi) is 1.25. The summed E-state index contributed by atoms with van der Waals surface area (Å²) in [4.78, 5) is 3.76. The summed E-state index contributed by atoms with van der Waals surface area (Å²) in [5, 5.41) is 0. The van der Waals surface area contributed by atoms with Crippen molar-refractivity contribution in [1.29, 1.82) is 0 Å². The fourth-order valence-corrected chi connectivity index (χ4v) is 0.630. The second-order valence-corrected chi connectivity index (χ2v) is 1.83. The third-order valence-corrected chi connectivity index (χ3v) is 1.21. The predicted octanol–water partition coefficient (Wildman–Crippen LogP) is 1.26. The molecular formula is C6H9N. The fraction of sp³-hybridized carbons (Fsp3) is 0.500. The molecule has 1 unspecified atom stereocenters. The van der Waals surface area contributed by atoms with Crippen molar-refractivity contribution in [2.75, 3.05) is 6.54 Å². The zero-order valence-electron chi connectivity index (χ0n) is 4.30. The molecule has 0 amide bonds. The summed E-state index contributed by atoms with van der Waals surface area (Å²) in [6, 6.07) is 0. The number of nitrogens with zero attached hydrogens (tertiary/aromatic N) is 1. The summed E-state index contributed by atoms with van der Waals surface area (Å²) in [6.45, 7) is 4.31. The van der Waals surface area contributed by atoms with Gasteiger partial charge in [0.1, 0.15) is 0 Å². The molecule has 0 aromatic heterocycles. The number of hydrogen-bond acceptors (Lipinski definition) is 1. The van der Waals surface area contributed by atoms with Crippen LogP contribution < -0.4 is 0 Å². The Bertz CT molecular complexity index is 94.4. The smallest absolute Gasteiger partial charge is 0.0447 e. The van der Waals surface area contributed by atoms with Crippen LogP contribution in [0.5, 0.6) is 0 Å². The van der Waals surface area contributed by atoms with E-state index in [1.54, 1.807) is 0 Å². The van der Waals surface area contributed by atoms with Crippen LogP contribution in [0.1, 0.15) is 6.42 Å². The molecule has 0 saturated carbocycles. The third kappa shape index (κ3) is 0.889. The van der Waals surface area contributed by atoms with Crippen LogP contribution in [0.15, 0.2) is 17.1 Å². The van der Waals surface area contributed by atoms with E-state index in [1.807, 2.05) is 0 Å². The summed E-state index contributed by atoms with van der Waals surface area (Å²) in [7, 11) is 0. The molecule has 0 fully saturated rings. The Balaban J connectivity index is 2.17. The van der Waals surface area contributed by atoms with E-state index in [0.29, 0.717) is 0 Å². The number of allylic oxidation sites excluding steroid dienone is 1. The molecule has 1 heteroatoms. The molecule has 0 aliphatic heterocycles. The van der Waals surface area contributed by atoms with Gasteiger partial charge in [-0.2, -0.15) is 0 Å². The molecule has 0 bridgehead atoms. The summed E-state index contributed by atoms with van der Waals surface area (Å²) < 4.78 is 0. The van der Waals surface area contributed by atoms with E-state index < -0.39 is 0 Å². The summed E-state index contributed by atoms with van der Waals surface area (Å²) in [6.07, 6.45) is 5.55. The molecule has 1 aliphatic carbocycles. The SMILES string of the molecule is C=NCC1C=CC1. The molecule has 1 atom stereocenters. The molecule has 0 saturated heterocycles. The Morgan fingerprint density at radius 2 is 2.57 bits per heavy atom. The van der Waals surface area contributed by atoms with Gasteiger partial charge in [-0.05, 0) is 19.1 Å². The van der Waals surface area contributed by atoms with E-state index >= 15 is 0 Å². The Morgan fingerprint density at radius 3 is 2.71 bits per heavy atom. The van der Waals surface area contributed by atoms with Gasteiger partial charge in [-0.25, -0.2) is 0 Å². The zero-order chi connectivity index (χ0) is 5.11. The first-order valence-electron chi connectivity index (χ1n) is 2.52. The standard InChI is InChI=1S/C6H9N/c1-7-5-6-3-2-4-6/h2-3,6H,1,4-5H2. The summed E-state index contributed by atoms with van der Waals surface area (Å²) in [5.74, 6) is 0.720. The van der Waals surface area contributed by atoms with Gasteiger partial charge < -0.3 is 4.99 Å². The molecule has 0 radical (unpaired) electrons. The molecule has 38 valence electrons. The van der Waals surface area contributed by atoms with Gasteiger partial charge in [-0.15, -0.1) is 0 Å². The highest BCUT2D eigenvalue weighted by Crippen LogP contribution is 2.15. The lowest BCUT2D eigenvalue weighted by molar-refractivity contribution is 0.627. The number of hydrogen-bond donors (Lipinski definition) is 0. The van der Waals surface area contributed by atoms with Crippen molar-refractivity contribution in [1.82, 2.24) is 0 Å². The molecule has 0 aromatic rings. The minimum Gasteiger partial charge on any atom is -0.300 e. The van der Waals surface area contributed by atoms with Gasteiger partial charge in [0.15, 0.2) is 0 Å². The van der Waals surface area contributed by atoms with Gasteiger partial charge in [-0.3, -0.25) is 0 Å². The van der Waals surface area contributed by atoms with Crippen LogP contribution in [0.4, 0.5) is 0 Å². The maximum Gasteiger partial charge on any atom is 0.0447 e. The van der Waals surface area contributed by atoms with E-state index in [9.17, 15) is 0 Å². The molecular weight excluding hydrogens is 86.1 g/mol. The lowest BCUT2D eigenvalue weighted by Crippen LogP contribution is -2.05. The topological polar surface area (TPSA) is 12.4 Å². The highest BCUT2D eigenvalue weighted by Gasteiger charge is 2.06. The molecule has 1 aliphatic rings. The highest BCUT2D eigenvalue weighted by atomic mass is 14.7. The second kappa shape index (κ2) is 1.92. The van der Waals surface area contributed by atoms with Crippen molar-refractivity contribution in [2.45, 2.75) is 6.42 Å². The van der Waals surface area contributed by atoms with Crippen molar-refractivity contribution in [3.8, 4) is 0 Å². The molecule has 0 spiro atoms. The van der Waals surface area contributed by atoms with E-state index in [1.165, 1.54) is 6.42 Å². The van der Waals surface area contributed by atoms with E-state index in [2.05, 4.69) is 23.9 Å². The second-order valence-electron chi connectivity index (χ2n) is 1.83. The average molecular weight is 95.1 g/mol. The molecule has 7 heavy (non-hydrogen) atoms. The first kappa shape index (κ1) is 4.57. The van der Waals surface area contributed by atoms with Crippen LogP contribution in [0.3, 0.4) is 0 Å². The lowest BCUT2D eigenvalue weighted by Gasteiger charge is -2.13. The van der Waals surface area contributed by atoms with Gasteiger partial charge in [0, 0.05) is 6.54 Å². The van der Waals surface area contributed by atoms with E-state index in [-0.39, 0.29) is 0 Å². The van der Waals surface area contributed by atoms with Crippen LogP contribution in [0.25, 0.3) is 0 Å². The van der Waals surface area contributed by atoms with Gasteiger partial charge in [-0.1, -0.05) is 12.2 Å². The zero-order valence-corrected chi connectivity index (χ0v) is 4.30. The highest BCUT2D eigenvalue weighted by molar-refractivity contribution is 5.23. The third-order valence-electron chi connectivity index (χ3n) is 1.21. The normalized spacial score (nSPS) is 26.6. The van der Waals surface area contributed by atoms with Crippen LogP contribution >= 0.6 is 0 Å². The minimum atomic E-state index is 0.720. The van der Waals surface area contributed by atoms with Crippen molar-refractivity contribution < 1.29 is 0 Å². The first-order chi connectivity index (χ1) is 3.43. The Morgan fingerprint density at radius 1 is 1.86 bits per heavy atom. The minimum absolute atomic E-state index is 0.720. The van der Waals surface area contributed by atoms with Crippen LogP contribution in [-0.2, 0) is 0 Å². The van der Waals surface area contributed by atoms with Crippen LogP contribution in [-0.4, -0.2) is 13.3 Å². The van der Waals surface area contributed by atoms with Crippen LogP contribution in [0, 0.1) is 5.92 Å². The van der Waals surface area contributed by atoms with Crippen molar-refractivity contribution in [3.05, 3.63) is 12.2 Å². The number of aliphatic imine (C=N–C) groups is 1. The van der Waals surface area contributed by atoms with Crippen molar-refractivity contribution in [3.63, 3.8) is 0 Å². The van der Waals surface area contributed by atoms with Crippen LogP contribution in [0.2, 0.25) is 0 Å². The van der Waals surface area contributed by atoms with Gasteiger partial charge in [0.05, 0.1) is 0 Å². The van der Waals surface area contributed by atoms with Crippen molar-refractivity contribution in [2.24, 2.45) is 10.9 Å².